The molecule has 1 fully saturated rings. The summed E-state index contributed by atoms with van der Waals surface area (Å²) in [5.74, 6) is 0.172. The molecule has 0 aromatic heterocycles. The zero-order chi connectivity index (χ0) is 11.8. The van der Waals surface area contributed by atoms with Crippen LogP contribution in [-0.2, 0) is 4.74 Å². The van der Waals surface area contributed by atoms with Gasteiger partial charge in [-0.15, -0.1) is 0 Å². The Morgan fingerprint density at radius 1 is 1.35 bits per heavy atom. The van der Waals surface area contributed by atoms with Gasteiger partial charge >= 0.3 is 0 Å². The summed E-state index contributed by atoms with van der Waals surface area (Å²) in [5.41, 5.74) is 2.01. The van der Waals surface area contributed by atoms with Crippen molar-refractivity contribution in [1.82, 2.24) is 9.80 Å². The SMILES string of the molecule is COCCN1CCN2C(=O)c3ccccc3C12. The van der Waals surface area contributed by atoms with E-state index in [1.807, 2.05) is 23.1 Å². The van der Waals surface area contributed by atoms with Crippen LogP contribution in [0.1, 0.15) is 22.1 Å². The molecule has 0 N–H and O–H groups in total. The molecule has 0 aliphatic carbocycles. The molecule has 0 spiro atoms. The lowest BCUT2D eigenvalue weighted by Gasteiger charge is -2.24. The smallest absolute Gasteiger partial charge is 0.255 e. The Kier molecular flexibility index (Phi) is 2.61. The highest BCUT2D eigenvalue weighted by molar-refractivity contribution is 5.99. The maximum absolute atomic E-state index is 12.2. The standard InChI is InChI=1S/C13H16N2O2/c1-17-9-8-14-6-7-15-12(14)10-4-2-3-5-11(10)13(15)16/h2-5,12H,6-9H2,1H3. The highest BCUT2D eigenvalue weighted by Crippen LogP contribution is 2.38. The van der Waals surface area contributed by atoms with Crippen molar-refractivity contribution in [3.63, 3.8) is 0 Å². The van der Waals surface area contributed by atoms with Gasteiger partial charge in [-0.2, -0.15) is 0 Å². The molecule has 2 heterocycles. The van der Waals surface area contributed by atoms with E-state index in [9.17, 15) is 4.79 Å². The maximum atomic E-state index is 12.2. The first-order valence-electron chi connectivity index (χ1n) is 5.96. The molecule has 1 aromatic rings. The summed E-state index contributed by atoms with van der Waals surface area (Å²) in [6.07, 6.45) is 0.133. The molecule has 0 radical (unpaired) electrons. The van der Waals surface area contributed by atoms with E-state index in [2.05, 4.69) is 11.0 Å². The summed E-state index contributed by atoms with van der Waals surface area (Å²) in [6, 6.07) is 7.91. The van der Waals surface area contributed by atoms with Gasteiger partial charge in [0.25, 0.3) is 5.91 Å². The summed E-state index contributed by atoms with van der Waals surface area (Å²) in [6.45, 7) is 3.34. The van der Waals surface area contributed by atoms with Crippen LogP contribution in [0.4, 0.5) is 0 Å². The highest BCUT2D eigenvalue weighted by Gasteiger charge is 2.43. The Bertz CT molecular complexity index is 447. The third-order valence-corrected chi connectivity index (χ3v) is 3.58. The molecule has 1 unspecified atom stereocenters. The Morgan fingerprint density at radius 2 is 2.18 bits per heavy atom. The predicted molar refractivity (Wildman–Crippen MR) is 63.7 cm³/mol. The van der Waals surface area contributed by atoms with Gasteiger partial charge in [0.2, 0.25) is 0 Å². The van der Waals surface area contributed by atoms with E-state index in [0.717, 1.165) is 30.8 Å². The van der Waals surface area contributed by atoms with Gasteiger partial charge in [-0.05, 0) is 6.07 Å². The van der Waals surface area contributed by atoms with Crippen LogP contribution in [0.3, 0.4) is 0 Å². The zero-order valence-electron chi connectivity index (χ0n) is 9.93. The van der Waals surface area contributed by atoms with Crippen LogP contribution in [0.2, 0.25) is 0 Å². The molecule has 0 saturated carbocycles. The fraction of sp³-hybridized carbons (Fsp3) is 0.462. The number of amides is 1. The molecule has 3 rings (SSSR count). The lowest BCUT2D eigenvalue weighted by molar-refractivity contribution is 0.0662. The van der Waals surface area contributed by atoms with Crippen LogP contribution in [0.25, 0.3) is 0 Å². The van der Waals surface area contributed by atoms with Crippen molar-refractivity contribution in [2.75, 3.05) is 33.4 Å². The second-order valence-corrected chi connectivity index (χ2v) is 4.49. The molecule has 1 amide bonds. The van der Waals surface area contributed by atoms with Crippen molar-refractivity contribution in [2.45, 2.75) is 6.17 Å². The summed E-state index contributed by atoms with van der Waals surface area (Å²) in [5, 5.41) is 0. The largest absolute Gasteiger partial charge is 0.383 e. The van der Waals surface area contributed by atoms with Gasteiger partial charge in [-0.3, -0.25) is 9.69 Å². The number of carbonyl (C=O) groups excluding carboxylic acids is 1. The molecule has 0 bridgehead atoms. The fourth-order valence-electron chi connectivity index (χ4n) is 2.77. The second kappa shape index (κ2) is 4.13. The molecule has 4 nitrogen and oxygen atoms in total. The average molecular weight is 232 g/mol. The van der Waals surface area contributed by atoms with E-state index < -0.39 is 0 Å². The lowest BCUT2D eigenvalue weighted by Crippen LogP contribution is -2.30. The first-order chi connectivity index (χ1) is 8.33. The van der Waals surface area contributed by atoms with Crippen LogP contribution >= 0.6 is 0 Å². The van der Waals surface area contributed by atoms with Gasteiger partial charge in [0.1, 0.15) is 6.17 Å². The first kappa shape index (κ1) is 10.7. The third kappa shape index (κ3) is 1.56. The minimum atomic E-state index is 0.133. The summed E-state index contributed by atoms with van der Waals surface area (Å²) < 4.78 is 5.12. The number of ether oxygens (including phenoxy) is 1. The van der Waals surface area contributed by atoms with Crippen LogP contribution in [0.5, 0.6) is 0 Å². The van der Waals surface area contributed by atoms with Gasteiger partial charge in [-0.1, -0.05) is 18.2 Å². The Labute approximate surface area is 101 Å². The van der Waals surface area contributed by atoms with Gasteiger partial charge < -0.3 is 9.64 Å². The number of benzene rings is 1. The number of methoxy groups -OCH3 is 1. The summed E-state index contributed by atoms with van der Waals surface area (Å²) in [7, 11) is 1.71. The molecule has 1 atom stereocenters. The molecular weight excluding hydrogens is 216 g/mol. The number of hydrogen-bond acceptors (Lipinski definition) is 3. The molecule has 4 heteroatoms. The molecule has 17 heavy (non-hydrogen) atoms. The molecular formula is C13H16N2O2. The van der Waals surface area contributed by atoms with Crippen molar-refractivity contribution in [3.05, 3.63) is 35.4 Å². The topological polar surface area (TPSA) is 32.8 Å². The zero-order valence-corrected chi connectivity index (χ0v) is 9.93. The van der Waals surface area contributed by atoms with Crippen molar-refractivity contribution < 1.29 is 9.53 Å². The van der Waals surface area contributed by atoms with Gasteiger partial charge in [-0.25, -0.2) is 0 Å². The van der Waals surface area contributed by atoms with Crippen molar-refractivity contribution >= 4 is 5.91 Å². The molecule has 1 saturated heterocycles. The van der Waals surface area contributed by atoms with E-state index in [1.54, 1.807) is 7.11 Å². The van der Waals surface area contributed by atoms with E-state index >= 15 is 0 Å². The Morgan fingerprint density at radius 3 is 3.00 bits per heavy atom. The average Bonchev–Trinajstić information content (AvgIpc) is 2.89. The van der Waals surface area contributed by atoms with Gasteiger partial charge in [0.15, 0.2) is 0 Å². The molecule has 90 valence electrons. The van der Waals surface area contributed by atoms with Crippen molar-refractivity contribution in [1.29, 1.82) is 0 Å². The van der Waals surface area contributed by atoms with Gasteiger partial charge in [0.05, 0.1) is 6.61 Å². The van der Waals surface area contributed by atoms with Crippen LogP contribution in [0.15, 0.2) is 24.3 Å². The van der Waals surface area contributed by atoms with Crippen molar-refractivity contribution in [3.8, 4) is 0 Å². The number of carbonyl (C=O) groups is 1. The van der Waals surface area contributed by atoms with Crippen LogP contribution < -0.4 is 0 Å². The molecule has 2 aliphatic heterocycles. The van der Waals surface area contributed by atoms with Crippen LogP contribution in [-0.4, -0.2) is 49.1 Å². The minimum absolute atomic E-state index is 0.133. The number of fused-ring (bicyclic) bond motifs is 3. The minimum Gasteiger partial charge on any atom is -0.383 e. The second-order valence-electron chi connectivity index (χ2n) is 4.49. The monoisotopic (exact) mass is 232 g/mol. The molecule has 1 aromatic carbocycles. The molecule has 2 aliphatic rings. The number of nitrogens with zero attached hydrogens (tertiary/aromatic N) is 2. The number of hydrogen-bond donors (Lipinski definition) is 0. The van der Waals surface area contributed by atoms with E-state index in [1.165, 1.54) is 0 Å². The van der Waals surface area contributed by atoms with E-state index in [-0.39, 0.29) is 12.1 Å². The van der Waals surface area contributed by atoms with Gasteiger partial charge in [0, 0.05) is 37.9 Å². The first-order valence-corrected chi connectivity index (χ1v) is 5.96. The van der Waals surface area contributed by atoms with E-state index in [4.69, 9.17) is 4.74 Å². The Hall–Kier alpha value is -1.39. The van der Waals surface area contributed by atoms with E-state index in [0.29, 0.717) is 6.61 Å². The maximum Gasteiger partial charge on any atom is 0.255 e. The van der Waals surface area contributed by atoms with Crippen LogP contribution in [0, 0.1) is 0 Å². The predicted octanol–water partition coefficient (Wildman–Crippen LogP) is 1.10. The highest BCUT2D eigenvalue weighted by atomic mass is 16.5. The Balaban J connectivity index is 1.91. The van der Waals surface area contributed by atoms with Crippen molar-refractivity contribution in [2.24, 2.45) is 0 Å². The fourth-order valence-corrected chi connectivity index (χ4v) is 2.77. The summed E-state index contributed by atoms with van der Waals surface area (Å²) >= 11 is 0. The quantitative estimate of drug-likeness (QED) is 0.782. The summed E-state index contributed by atoms with van der Waals surface area (Å²) in [4.78, 5) is 16.4. The number of rotatable bonds is 3. The lowest BCUT2D eigenvalue weighted by atomic mass is 10.1. The third-order valence-electron chi connectivity index (χ3n) is 3.58. The normalized spacial score (nSPS) is 23.0.